The van der Waals surface area contributed by atoms with Gasteiger partial charge in [-0.05, 0) is 25.0 Å². The van der Waals surface area contributed by atoms with Crippen LogP contribution in [0.1, 0.15) is 25.3 Å². The number of aliphatic carboxylic acids is 2. The first kappa shape index (κ1) is 27.3. The largest absolute Gasteiger partial charge is 0.481 e. The Morgan fingerprint density at radius 3 is 2.26 bits per heavy atom. The van der Waals surface area contributed by atoms with E-state index in [1.54, 1.807) is 18.3 Å². The van der Waals surface area contributed by atoms with Gasteiger partial charge < -0.3 is 42.0 Å². The first-order valence-electron chi connectivity index (χ1n) is 10.8. The topological polar surface area (TPSA) is 224 Å². The van der Waals surface area contributed by atoms with Crippen LogP contribution in [0, 0.1) is 0 Å². The van der Waals surface area contributed by atoms with E-state index in [2.05, 4.69) is 20.9 Å². The van der Waals surface area contributed by atoms with Crippen molar-refractivity contribution in [3.05, 3.63) is 36.0 Å². The van der Waals surface area contributed by atoms with Crippen LogP contribution in [-0.2, 0) is 30.4 Å². The van der Waals surface area contributed by atoms with Crippen LogP contribution >= 0.6 is 0 Å². The number of aliphatic hydroxyl groups is 1. The van der Waals surface area contributed by atoms with Crippen molar-refractivity contribution < 1.29 is 39.3 Å². The van der Waals surface area contributed by atoms with Gasteiger partial charge >= 0.3 is 11.9 Å². The number of benzene rings is 1. The third kappa shape index (κ3) is 7.79. The van der Waals surface area contributed by atoms with E-state index in [4.69, 9.17) is 10.8 Å². The van der Waals surface area contributed by atoms with Crippen LogP contribution in [0.4, 0.5) is 0 Å². The first-order chi connectivity index (χ1) is 16.5. The summed E-state index contributed by atoms with van der Waals surface area (Å²) >= 11 is 0. The molecule has 3 amide bonds. The normalized spacial score (nSPS) is 14.4. The zero-order valence-corrected chi connectivity index (χ0v) is 19.0. The predicted molar refractivity (Wildman–Crippen MR) is 123 cm³/mol. The molecule has 35 heavy (non-hydrogen) atoms. The maximum Gasteiger partial charge on any atom is 0.326 e. The standard InChI is InChI=1S/C22H29N5O8/c1-11(28)19(27-17(29)9-23)21(33)25-15(6-7-18(30)31)20(32)26-16(22(34)35)8-12-10-24-14-5-3-2-4-13(12)14/h2-5,10-11,15-16,19,24,28H,6-9,23H2,1H3,(H,25,33)(H,26,32)(H,27,29)(H,30,31)(H,34,35). The molecule has 13 heteroatoms. The van der Waals surface area contributed by atoms with Gasteiger partial charge in [0.05, 0.1) is 12.6 Å². The van der Waals surface area contributed by atoms with Gasteiger partial charge in [-0.3, -0.25) is 19.2 Å². The Balaban J connectivity index is 2.19. The molecule has 0 aliphatic carbocycles. The van der Waals surface area contributed by atoms with Gasteiger partial charge in [-0.2, -0.15) is 0 Å². The highest BCUT2D eigenvalue weighted by Gasteiger charge is 2.32. The number of para-hydroxylation sites is 1. The molecule has 0 saturated heterocycles. The van der Waals surface area contributed by atoms with Gasteiger partial charge in [0.25, 0.3) is 0 Å². The number of carboxylic acid groups (broad SMARTS) is 2. The molecule has 0 fully saturated rings. The van der Waals surface area contributed by atoms with Gasteiger partial charge in [0.15, 0.2) is 0 Å². The number of aromatic nitrogens is 1. The van der Waals surface area contributed by atoms with Crippen molar-refractivity contribution in [2.75, 3.05) is 6.54 Å². The fourth-order valence-electron chi connectivity index (χ4n) is 3.43. The minimum absolute atomic E-state index is 0.0759. The second kappa shape index (κ2) is 12.5. The number of carbonyl (C=O) groups is 5. The lowest BCUT2D eigenvalue weighted by Crippen LogP contribution is -2.59. The third-order valence-electron chi connectivity index (χ3n) is 5.26. The molecular weight excluding hydrogens is 462 g/mol. The lowest BCUT2D eigenvalue weighted by Gasteiger charge is -2.25. The summed E-state index contributed by atoms with van der Waals surface area (Å²) in [5, 5.41) is 36.1. The minimum Gasteiger partial charge on any atom is -0.481 e. The summed E-state index contributed by atoms with van der Waals surface area (Å²) in [5.74, 6) is -5.20. The SMILES string of the molecule is CC(O)C(NC(=O)CN)C(=O)NC(CCC(=O)O)C(=O)NC(Cc1c[nH]c2ccccc12)C(=O)O. The van der Waals surface area contributed by atoms with Crippen molar-refractivity contribution >= 4 is 40.6 Å². The van der Waals surface area contributed by atoms with E-state index in [1.165, 1.54) is 6.92 Å². The van der Waals surface area contributed by atoms with E-state index in [0.717, 1.165) is 10.9 Å². The molecule has 13 nitrogen and oxygen atoms in total. The molecule has 4 unspecified atom stereocenters. The molecule has 0 aliphatic rings. The highest BCUT2D eigenvalue weighted by Crippen LogP contribution is 2.19. The monoisotopic (exact) mass is 491 g/mol. The molecule has 0 aliphatic heterocycles. The fourth-order valence-corrected chi connectivity index (χ4v) is 3.43. The molecule has 1 aromatic carbocycles. The van der Waals surface area contributed by atoms with Gasteiger partial charge in [0.1, 0.15) is 18.1 Å². The average molecular weight is 492 g/mol. The van der Waals surface area contributed by atoms with Crippen molar-refractivity contribution in [2.45, 2.75) is 50.4 Å². The molecule has 9 N–H and O–H groups in total. The van der Waals surface area contributed by atoms with Crippen LogP contribution < -0.4 is 21.7 Å². The number of hydrogen-bond donors (Lipinski definition) is 8. The summed E-state index contributed by atoms with van der Waals surface area (Å²) in [7, 11) is 0. The molecule has 0 spiro atoms. The Hall–Kier alpha value is -3.97. The van der Waals surface area contributed by atoms with Gasteiger partial charge in [0, 0.05) is 29.9 Å². The highest BCUT2D eigenvalue weighted by atomic mass is 16.4. The van der Waals surface area contributed by atoms with Crippen molar-refractivity contribution in [2.24, 2.45) is 5.73 Å². The molecule has 2 aromatic rings. The maximum atomic E-state index is 12.9. The summed E-state index contributed by atoms with van der Waals surface area (Å²) in [6, 6.07) is 2.91. The number of carboxylic acids is 2. The van der Waals surface area contributed by atoms with Crippen molar-refractivity contribution in [3.8, 4) is 0 Å². The van der Waals surface area contributed by atoms with E-state index in [9.17, 15) is 34.2 Å². The van der Waals surface area contributed by atoms with E-state index in [0.29, 0.717) is 5.56 Å². The second-order valence-corrected chi connectivity index (χ2v) is 7.95. The number of amides is 3. The van der Waals surface area contributed by atoms with Crippen LogP contribution in [0.2, 0.25) is 0 Å². The summed E-state index contributed by atoms with van der Waals surface area (Å²) in [6.45, 7) is 0.780. The number of aromatic amines is 1. The van der Waals surface area contributed by atoms with Crippen molar-refractivity contribution in [1.82, 2.24) is 20.9 Å². The minimum atomic E-state index is -1.47. The number of H-pyrrole nitrogens is 1. The maximum absolute atomic E-state index is 12.9. The Morgan fingerprint density at radius 1 is 1.00 bits per heavy atom. The highest BCUT2D eigenvalue weighted by molar-refractivity contribution is 5.94. The van der Waals surface area contributed by atoms with Crippen molar-refractivity contribution in [1.29, 1.82) is 0 Å². The van der Waals surface area contributed by atoms with Gasteiger partial charge in [-0.25, -0.2) is 4.79 Å². The molecule has 0 radical (unpaired) electrons. The zero-order chi connectivity index (χ0) is 26.1. The van der Waals surface area contributed by atoms with E-state index < -0.39 is 66.9 Å². The summed E-state index contributed by atoms with van der Waals surface area (Å²) in [6.07, 6.45) is -0.670. The average Bonchev–Trinajstić information content (AvgIpc) is 3.21. The molecule has 0 saturated carbocycles. The number of rotatable bonds is 13. The molecule has 2 rings (SSSR count). The van der Waals surface area contributed by atoms with Crippen LogP contribution in [0.25, 0.3) is 10.9 Å². The lowest BCUT2D eigenvalue weighted by atomic mass is 10.0. The molecule has 4 atom stereocenters. The van der Waals surface area contributed by atoms with Crippen LogP contribution in [-0.4, -0.2) is 80.7 Å². The number of fused-ring (bicyclic) bond motifs is 1. The number of aliphatic hydroxyl groups excluding tert-OH is 1. The van der Waals surface area contributed by atoms with Gasteiger partial charge in [0.2, 0.25) is 17.7 Å². The molecule has 1 aromatic heterocycles. The van der Waals surface area contributed by atoms with E-state index >= 15 is 0 Å². The summed E-state index contributed by atoms with van der Waals surface area (Å²) < 4.78 is 0. The molecular formula is C22H29N5O8. The molecule has 1 heterocycles. The predicted octanol–water partition coefficient (Wildman–Crippen LogP) is -1.55. The fraction of sp³-hybridized carbons (Fsp3) is 0.409. The number of nitrogens with one attached hydrogen (secondary N) is 4. The smallest absolute Gasteiger partial charge is 0.326 e. The second-order valence-electron chi connectivity index (χ2n) is 7.95. The summed E-state index contributed by atoms with van der Waals surface area (Å²) in [4.78, 5) is 63.1. The Bertz CT molecular complexity index is 1080. The van der Waals surface area contributed by atoms with Crippen LogP contribution in [0.3, 0.4) is 0 Å². The molecule has 190 valence electrons. The lowest BCUT2D eigenvalue weighted by molar-refractivity contribution is -0.143. The number of hydrogen-bond acceptors (Lipinski definition) is 7. The summed E-state index contributed by atoms with van der Waals surface area (Å²) in [5.41, 5.74) is 6.63. The van der Waals surface area contributed by atoms with E-state index in [-0.39, 0.29) is 12.8 Å². The Morgan fingerprint density at radius 2 is 1.66 bits per heavy atom. The Labute approximate surface area is 200 Å². The van der Waals surface area contributed by atoms with Crippen molar-refractivity contribution in [3.63, 3.8) is 0 Å². The number of carbonyl (C=O) groups excluding carboxylic acids is 3. The number of nitrogens with two attached hydrogens (primary N) is 1. The van der Waals surface area contributed by atoms with Crippen LogP contribution in [0.15, 0.2) is 30.5 Å². The van der Waals surface area contributed by atoms with Gasteiger partial charge in [-0.1, -0.05) is 18.2 Å². The third-order valence-corrected chi connectivity index (χ3v) is 5.26. The zero-order valence-electron chi connectivity index (χ0n) is 19.0. The van der Waals surface area contributed by atoms with E-state index in [1.807, 2.05) is 12.1 Å². The Kier molecular flexibility index (Phi) is 9.73. The molecule has 0 bridgehead atoms. The quantitative estimate of drug-likeness (QED) is 0.162. The first-order valence-corrected chi connectivity index (χ1v) is 10.8. The van der Waals surface area contributed by atoms with Crippen LogP contribution in [0.5, 0.6) is 0 Å². The van der Waals surface area contributed by atoms with Gasteiger partial charge in [-0.15, -0.1) is 0 Å².